The number of hydrogen-bond donors (Lipinski definition) is 0. The monoisotopic (exact) mass is 396 g/mol. The van der Waals surface area contributed by atoms with Crippen LogP contribution in [-0.4, -0.2) is 15.0 Å². The molecule has 7 heteroatoms. The minimum Gasteiger partial charge on any atom is -0.490 e. The molecule has 1 heterocycles. The molecule has 2 aliphatic rings. The quantitative estimate of drug-likeness (QED) is 0.694. The largest absolute Gasteiger partial charge is 0.490 e. The van der Waals surface area contributed by atoms with Crippen molar-refractivity contribution in [3.8, 4) is 5.75 Å². The summed E-state index contributed by atoms with van der Waals surface area (Å²) in [7, 11) is -4.07. The lowest BCUT2D eigenvalue weighted by Crippen LogP contribution is -2.46. The van der Waals surface area contributed by atoms with Gasteiger partial charge in [-0.25, -0.2) is 17.2 Å². The number of sulfone groups is 1. The Morgan fingerprint density at radius 2 is 1.77 bits per heavy atom. The maximum atomic E-state index is 14.8. The van der Waals surface area contributed by atoms with Gasteiger partial charge in [0.05, 0.1) is 17.1 Å². The average Bonchev–Trinajstić information content (AvgIpc) is 2.96. The van der Waals surface area contributed by atoms with Crippen LogP contribution < -0.4 is 4.74 Å². The fourth-order valence-corrected chi connectivity index (χ4v) is 6.60. The molecule has 1 fully saturated rings. The van der Waals surface area contributed by atoms with E-state index < -0.39 is 32.1 Å². The van der Waals surface area contributed by atoms with Crippen molar-refractivity contribution < 1.29 is 21.9 Å². The van der Waals surface area contributed by atoms with Crippen LogP contribution in [0.2, 0.25) is 5.02 Å². The Hall–Kier alpha value is -1.92. The Labute approximate surface area is 155 Å². The molecule has 0 spiro atoms. The lowest BCUT2D eigenvalue weighted by atomic mass is 9.85. The van der Waals surface area contributed by atoms with Crippen LogP contribution in [0.1, 0.15) is 18.4 Å². The highest BCUT2D eigenvalue weighted by Gasteiger charge is 2.60. The normalized spacial score (nSPS) is 24.7. The molecule has 2 aromatic rings. The highest BCUT2D eigenvalue weighted by Crippen LogP contribution is 2.59. The van der Waals surface area contributed by atoms with E-state index in [4.69, 9.17) is 16.3 Å². The van der Waals surface area contributed by atoms with E-state index in [1.54, 1.807) is 0 Å². The van der Waals surface area contributed by atoms with Gasteiger partial charge in [0.25, 0.3) is 0 Å². The Kier molecular flexibility index (Phi) is 3.90. The van der Waals surface area contributed by atoms with Gasteiger partial charge in [-0.05, 0) is 49.2 Å². The molecule has 0 saturated heterocycles. The van der Waals surface area contributed by atoms with Crippen LogP contribution in [0.3, 0.4) is 0 Å². The van der Waals surface area contributed by atoms with Crippen LogP contribution >= 0.6 is 11.6 Å². The third kappa shape index (κ3) is 2.25. The zero-order valence-corrected chi connectivity index (χ0v) is 15.2. The summed E-state index contributed by atoms with van der Waals surface area (Å²) in [6, 6.07) is 7.59. The molecular weight excluding hydrogens is 382 g/mol. The summed E-state index contributed by atoms with van der Waals surface area (Å²) < 4.78 is 60.2. The van der Waals surface area contributed by atoms with E-state index in [0.717, 1.165) is 12.1 Å². The number of fused-ring (bicyclic) bond motifs is 3. The zero-order chi connectivity index (χ0) is 18.7. The van der Waals surface area contributed by atoms with Crippen LogP contribution in [0.4, 0.5) is 8.78 Å². The first kappa shape index (κ1) is 17.5. The van der Waals surface area contributed by atoms with Gasteiger partial charge in [0, 0.05) is 10.9 Å². The second-order valence-corrected chi connectivity index (χ2v) is 9.36. The lowest BCUT2D eigenvalue weighted by Gasteiger charge is -2.40. The molecule has 0 aromatic heterocycles. The SMILES string of the molecule is C=C1C[C@@H]2COc3c(F)ccc(F)c3[C@]2(S(=O)(=O)c2ccc(Cl)cc2)C1. The highest BCUT2D eigenvalue weighted by atomic mass is 35.5. The maximum Gasteiger partial charge on any atom is 0.189 e. The number of rotatable bonds is 2. The minimum atomic E-state index is -4.07. The van der Waals surface area contributed by atoms with Crippen molar-refractivity contribution >= 4 is 21.4 Å². The van der Waals surface area contributed by atoms with E-state index in [2.05, 4.69) is 6.58 Å². The fourth-order valence-electron chi connectivity index (χ4n) is 4.11. The summed E-state index contributed by atoms with van der Waals surface area (Å²) in [5.74, 6) is -2.44. The van der Waals surface area contributed by atoms with Gasteiger partial charge in [0.1, 0.15) is 10.6 Å². The molecule has 4 rings (SSSR count). The van der Waals surface area contributed by atoms with Gasteiger partial charge in [0.15, 0.2) is 21.4 Å². The Bertz CT molecular complexity index is 1020. The van der Waals surface area contributed by atoms with Gasteiger partial charge in [-0.2, -0.15) is 0 Å². The second-order valence-electron chi connectivity index (χ2n) is 6.72. The van der Waals surface area contributed by atoms with Crippen LogP contribution in [-0.2, 0) is 14.6 Å². The lowest BCUT2D eigenvalue weighted by molar-refractivity contribution is 0.179. The van der Waals surface area contributed by atoms with Crippen LogP contribution in [0.15, 0.2) is 53.4 Å². The molecule has 3 nitrogen and oxygen atoms in total. The summed E-state index contributed by atoms with van der Waals surface area (Å²) in [5.41, 5.74) is 0.440. The molecule has 2 aromatic carbocycles. The summed E-state index contributed by atoms with van der Waals surface area (Å²) in [6.07, 6.45) is 0.404. The topological polar surface area (TPSA) is 43.4 Å². The molecule has 1 aliphatic carbocycles. The number of hydrogen-bond acceptors (Lipinski definition) is 3. The van der Waals surface area contributed by atoms with Crippen molar-refractivity contribution in [2.75, 3.05) is 6.61 Å². The third-order valence-electron chi connectivity index (χ3n) is 5.22. The van der Waals surface area contributed by atoms with E-state index >= 15 is 0 Å². The average molecular weight is 397 g/mol. The predicted molar refractivity (Wildman–Crippen MR) is 94.0 cm³/mol. The molecule has 136 valence electrons. The molecule has 0 amide bonds. The Balaban J connectivity index is 2.05. The van der Waals surface area contributed by atoms with E-state index in [9.17, 15) is 17.2 Å². The number of allylic oxidation sites excluding steroid dienone is 1. The molecule has 1 saturated carbocycles. The van der Waals surface area contributed by atoms with Gasteiger partial charge in [-0.3, -0.25) is 0 Å². The maximum absolute atomic E-state index is 14.8. The van der Waals surface area contributed by atoms with Gasteiger partial charge in [-0.15, -0.1) is 0 Å². The summed E-state index contributed by atoms with van der Waals surface area (Å²) in [5, 5.41) is 0.387. The van der Waals surface area contributed by atoms with Crippen LogP contribution in [0.5, 0.6) is 5.75 Å². The predicted octanol–water partition coefficient (Wildman–Crippen LogP) is 4.65. The van der Waals surface area contributed by atoms with E-state index in [1.807, 2.05) is 0 Å². The molecular formula is C19H15ClF2O3S. The number of ether oxygens (including phenoxy) is 1. The molecule has 0 N–H and O–H groups in total. The second kappa shape index (κ2) is 5.79. The van der Waals surface area contributed by atoms with Crippen molar-refractivity contribution in [1.29, 1.82) is 0 Å². The van der Waals surface area contributed by atoms with Crippen molar-refractivity contribution in [3.63, 3.8) is 0 Å². The molecule has 1 aliphatic heterocycles. The minimum absolute atomic E-state index is 0.0121. The summed E-state index contributed by atoms with van der Waals surface area (Å²) in [6.45, 7) is 3.90. The van der Waals surface area contributed by atoms with Crippen molar-refractivity contribution in [2.45, 2.75) is 22.5 Å². The standard InChI is InChI=1S/C19H15ClF2O3S/c1-11-8-12-10-25-18-16(22)7-6-15(21)17(18)19(12,9-11)26(23,24)14-4-2-13(20)3-5-14/h2-7,12H,1,8-10H2/t12-,19+/m1/s1. The Morgan fingerprint density at radius 3 is 2.46 bits per heavy atom. The van der Waals surface area contributed by atoms with E-state index in [-0.39, 0.29) is 29.2 Å². The highest BCUT2D eigenvalue weighted by molar-refractivity contribution is 7.92. The van der Waals surface area contributed by atoms with E-state index in [0.29, 0.717) is 17.0 Å². The molecule has 0 bridgehead atoms. The number of halogens is 3. The first-order valence-electron chi connectivity index (χ1n) is 8.05. The third-order valence-corrected chi connectivity index (χ3v) is 8.01. The zero-order valence-electron chi connectivity index (χ0n) is 13.6. The summed E-state index contributed by atoms with van der Waals surface area (Å²) in [4.78, 5) is 0.0121. The van der Waals surface area contributed by atoms with Crippen molar-refractivity contribution in [2.24, 2.45) is 5.92 Å². The van der Waals surface area contributed by atoms with Gasteiger partial charge >= 0.3 is 0 Å². The molecule has 0 radical (unpaired) electrons. The molecule has 26 heavy (non-hydrogen) atoms. The van der Waals surface area contributed by atoms with E-state index in [1.165, 1.54) is 24.3 Å². The number of benzene rings is 2. The van der Waals surface area contributed by atoms with Gasteiger partial charge in [-0.1, -0.05) is 23.8 Å². The first-order chi connectivity index (χ1) is 12.3. The molecule has 2 atom stereocenters. The van der Waals surface area contributed by atoms with Gasteiger partial charge < -0.3 is 4.74 Å². The summed E-state index contributed by atoms with van der Waals surface area (Å²) >= 11 is 5.87. The van der Waals surface area contributed by atoms with Crippen molar-refractivity contribution in [3.05, 3.63) is 70.8 Å². The van der Waals surface area contributed by atoms with Crippen molar-refractivity contribution in [1.82, 2.24) is 0 Å². The fraction of sp³-hybridized carbons (Fsp3) is 0.263. The Morgan fingerprint density at radius 1 is 1.12 bits per heavy atom. The first-order valence-corrected chi connectivity index (χ1v) is 9.91. The van der Waals surface area contributed by atoms with Crippen LogP contribution in [0, 0.1) is 17.6 Å². The smallest absolute Gasteiger partial charge is 0.189 e. The van der Waals surface area contributed by atoms with Gasteiger partial charge in [0.2, 0.25) is 0 Å². The molecule has 0 unspecified atom stereocenters. The van der Waals surface area contributed by atoms with Crippen LogP contribution in [0.25, 0.3) is 0 Å².